The molecule has 1 fully saturated rings. The highest BCUT2D eigenvalue weighted by Crippen LogP contribution is 2.28. The molecule has 1 saturated heterocycles. The summed E-state index contributed by atoms with van der Waals surface area (Å²) in [5, 5.41) is 1.97. The predicted molar refractivity (Wildman–Crippen MR) is 98.3 cm³/mol. The van der Waals surface area contributed by atoms with Gasteiger partial charge < -0.3 is 0 Å². The van der Waals surface area contributed by atoms with Crippen molar-refractivity contribution in [2.24, 2.45) is 0 Å². The van der Waals surface area contributed by atoms with Gasteiger partial charge in [0.1, 0.15) is 4.90 Å². The van der Waals surface area contributed by atoms with E-state index < -0.39 is 10.0 Å². The summed E-state index contributed by atoms with van der Waals surface area (Å²) in [6.45, 7) is 1.18. The van der Waals surface area contributed by atoms with Crippen LogP contribution in [0.15, 0.2) is 46.5 Å². The summed E-state index contributed by atoms with van der Waals surface area (Å²) in [7, 11) is -3.41. The number of nitrogens with zero attached hydrogens (tertiary/aromatic N) is 2. The SMILES string of the molecule is O=S(=O)(c1ccc(SCc2ccc(Cl)cc2Cl)nc1)N1CCCC1. The Morgan fingerprint density at radius 3 is 2.50 bits per heavy atom. The van der Waals surface area contributed by atoms with Crippen LogP contribution in [-0.2, 0) is 15.8 Å². The van der Waals surface area contributed by atoms with Crippen molar-refractivity contribution >= 4 is 45.0 Å². The van der Waals surface area contributed by atoms with Crippen LogP contribution in [0.5, 0.6) is 0 Å². The Kier molecular flexibility index (Phi) is 5.72. The molecule has 128 valence electrons. The molecule has 1 aliphatic heterocycles. The Labute approximate surface area is 156 Å². The highest BCUT2D eigenvalue weighted by molar-refractivity contribution is 7.98. The van der Waals surface area contributed by atoms with Gasteiger partial charge in [-0.05, 0) is 42.7 Å². The summed E-state index contributed by atoms with van der Waals surface area (Å²) < 4.78 is 26.4. The first kappa shape index (κ1) is 18.0. The fourth-order valence-electron chi connectivity index (χ4n) is 2.47. The topological polar surface area (TPSA) is 50.3 Å². The van der Waals surface area contributed by atoms with Crippen molar-refractivity contribution in [3.63, 3.8) is 0 Å². The third-order valence-corrected chi connectivity index (χ3v) is 7.26. The Hall–Kier alpha value is -0.790. The summed E-state index contributed by atoms with van der Waals surface area (Å²) in [5.74, 6) is 0.640. The van der Waals surface area contributed by atoms with Crippen molar-refractivity contribution in [1.29, 1.82) is 0 Å². The zero-order chi connectivity index (χ0) is 17.2. The van der Waals surface area contributed by atoms with E-state index in [2.05, 4.69) is 4.98 Å². The molecule has 1 aliphatic rings. The first-order chi connectivity index (χ1) is 11.5. The van der Waals surface area contributed by atoms with Gasteiger partial charge in [-0.2, -0.15) is 4.31 Å². The van der Waals surface area contributed by atoms with Crippen molar-refractivity contribution < 1.29 is 8.42 Å². The maximum absolute atomic E-state index is 12.5. The van der Waals surface area contributed by atoms with Crippen molar-refractivity contribution in [3.05, 3.63) is 52.1 Å². The van der Waals surface area contributed by atoms with Crippen LogP contribution < -0.4 is 0 Å². The molecule has 24 heavy (non-hydrogen) atoms. The smallest absolute Gasteiger partial charge is 0.244 e. The molecule has 0 N–H and O–H groups in total. The number of aromatic nitrogens is 1. The van der Waals surface area contributed by atoms with Crippen LogP contribution in [0.3, 0.4) is 0 Å². The molecule has 1 aromatic carbocycles. The molecule has 3 rings (SSSR count). The highest BCUT2D eigenvalue weighted by atomic mass is 35.5. The van der Waals surface area contributed by atoms with Gasteiger partial charge in [0.15, 0.2) is 0 Å². The van der Waals surface area contributed by atoms with E-state index in [1.54, 1.807) is 24.3 Å². The van der Waals surface area contributed by atoms with Gasteiger partial charge in [0.05, 0.1) is 5.03 Å². The molecule has 0 bridgehead atoms. The zero-order valence-electron chi connectivity index (χ0n) is 12.8. The first-order valence-corrected chi connectivity index (χ1v) is 10.7. The van der Waals surface area contributed by atoms with Gasteiger partial charge in [0, 0.05) is 35.1 Å². The average Bonchev–Trinajstić information content (AvgIpc) is 3.10. The summed E-state index contributed by atoms with van der Waals surface area (Å²) in [4.78, 5) is 4.52. The minimum atomic E-state index is -3.41. The normalized spacial score (nSPS) is 15.8. The van der Waals surface area contributed by atoms with Crippen molar-refractivity contribution in [1.82, 2.24) is 9.29 Å². The molecule has 0 amide bonds. The largest absolute Gasteiger partial charge is 0.249 e. The van der Waals surface area contributed by atoms with Gasteiger partial charge in [0.2, 0.25) is 10.0 Å². The van der Waals surface area contributed by atoms with E-state index in [0.717, 1.165) is 23.4 Å². The monoisotopic (exact) mass is 402 g/mol. The fourth-order valence-corrected chi connectivity index (χ4v) is 5.34. The van der Waals surface area contributed by atoms with E-state index in [-0.39, 0.29) is 4.90 Å². The molecule has 0 spiro atoms. The van der Waals surface area contributed by atoms with Crippen molar-refractivity contribution in [2.75, 3.05) is 13.1 Å². The summed E-state index contributed by atoms with van der Waals surface area (Å²) >= 11 is 13.5. The van der Waals surface area contributed by atoms with E-state index >= 15 is 0 Å². The predicted octanol–water partition coefficient (Wildman–Crippen LogP) is 4.47. The fraction of sp³-hybridized carbons (Fsp3) is 0.312. The van der Waals surface area contributed by atoms with Gasteiger partial charge in [0.25, 0.3) is 0 Å². The molecule has 0 radical (unpaired) electrons. The van der Waals surface area contributed by atoms with Gasteiger partial charge in [-0.15, -0.1) is 11.8 Å². The van der Waals surface area contributed by atoms with E-state index in [1.807, 2.05) is 6.07 Å². The zero-order valence-corrected chi connectivity index (χ0v) is 15.9. The molecule has 0 saturated carbocycles. The Morgan fingerprint density at radius 1 is 1.12 bits per heavy atom. The molecule has 2 heterocycles. The van der Waals surface area contributed by atoms with Crippen molar-refractivity contribution in [2.45, 2.75) is 28.5 Å². The number of benzene rings is 1. The Bertz CT molecular complexity index is 820. The standard InChI is InChI=1S/C16H16Cl2N2O2S2/c17-13-4-3-12(15(18)9-13)11-23-16-6-5-14(10-19-16)24(21,22)20-7-1-2-8-20/h3-6,9-10H,1-2,7-8,11H2. The van der Waals surface area contributed by atoms with E-state index in [0.29, 0.717) is 28.9 Å². The lowest BCUT2D eigenvalue weighted by molar-refractivity contribution is 0.477. The van der Waals surface area contributed by atoms with Crippen LogP contribution >= 0.6 is 35.0 Å². The van der Waals surface area contributed by atoms with Crippen LogP contribution in [0.25, 0.3) is 0 Å². The minimum absolute atomic E-state index is 0.248. The van der Waals surface area contributed by atoms with Crippen molar-refractivity contribution in [3.8, 4) is 0 Å². The maximum atomic E-state index is 12.5. The van der Waals surface area contributed by atoms with Gasteiger partial charge in [-0.1, -0.05) is 29.3 Å². The lowest BCUT2D eigenvalue weighted by Crippen LogP contribution is -2.27. The first-order valence-electron chi connectivity index (χ1n) is 7.50. The second-order valence-corrected chi connectivity index (χ2v) is 9.24. The number of pyridine rings is 1. The lowest BCUT2D eigenvalue weighted by atomic mass is 10.2. The number of thioether (sulfide) groups is 1. The molecule has 4 nitrogen and oxygen atoms in total. The minimum Gasteiger partial charge on any atom is -0.249 e. The number of hydrogen-bond donors (Lipinski definition) is 0. The van der Waals surface area contributed by atoms with E-state index in [4.69, 9.17) is 23.2 Å². The molecular weight excluding hydrogens is 387 g/mol. The molecule has 1 aromatic heterocycles. The number of sulfonamides is 1. The quantitative estimate of drug-likeness (QED) is 0.692. The molecule has 0 aliphatic carbocycles. The van der Waals surface area contributed by atoms with Gasteiger partial charge in [-0.25, -0.2) is 13.4 Å². The summed E-state index contributed by atoms with van der Waals surface area (Å²) in [6.07, 6.45) is 3.27. The summed E-state index contributed by atoms with van der Waals surface area (Å²) in [5.41, 5.74) is 0.960. The molecule has 8 heteroatoms. The number of rotatable bonds is 5. The average molecular weight is 403 g/mol. The molecular formula is C16H16Cl2N2O2S2. The van der Waals surface area contributed by atoms with Crippen LogP contribution in [0, 0.1) is 0 Å². The van der Waals surface area contributed by atoms with Crippen LogP contribution in [0.1, 0.15) is 18.4 Å². The number of hydrogen-bond acceptors (Lipinski definition) is 4. The molecule has 0 unspecified atom stereocenters. The Balaban J connectivity index is 1.68. The third kappa shape index (κ3) is 4.06. The molecule has 2 aromatic rings. The second kappa shape index (κ2) is 7.62. The van der Waals surface area contributed by atoms with E-state index in [9.17, 15) is 8.42 Å². The lowest BCUT2D eigenvalue weighted by Gasteiger charge is -2.15. The number of halogens is 2. The second-order valence-electron chi connectivity index (χ2n) is 5.47. The Morgan fingerprint density at radius 2 is 1.88 bits per heavy atom. The van der Waals surface area contributed by atoms with Crippen LogP contribution in [-0.4, -0.2) is 30.8 Å². The third-order valence-electron chi connectivity index (χ3n) is 3.80. The van der Waals surface area contributed by atoms with Crippen LogP contribution in [0.2, 0.25) is 10.0 Å². The summed E-state index contributed by atoms with van der Waals surface area (Å²) in [6, 6.07) is 8.73. The maximum Gasteiger partial charge on any atom is 0.244 e. The highest BCUT2D eigenvalue weighted by Gasteiger charge is 2.27. The van der Waals surface area contributed by atoms with Gasteiger partial charge in [-0.3, -0.25) is 0 Å². The van der Waals surface area contributed by atoms with Gasteiger partial charge >= 0.3 is 0 Å². The molecule has 0 atom stereocenters. The van der Waals surface area contributed by atoms with Crippen LogP contribution in [0.4, 0.5) is 0 Å². The van der Waals surface area contributed by atoms with E-state index in [1.165, 1.54) is 22.3 Å².